The van der Waals surface area contributed by atoms with Crippen molar-refractivity contribution in [3.8, 4) is 5.75 Å². The summed E-state index contributed by atoms with van der Waals surface area (Å²) in [5.41, 5.74) is 1.32. The van der Waals surface area contributed by atoms with Crippen molar-refractivity contribution in [3.63, 3.8) is 0 Å². The second-order valence-electron chi connectivity index (χ2n) is 5.34. The molecule has 25 heavy (non-hydrogen) atoms. The standard InChI is InChI=1S/C19H21ClN2O3/c1-2-25-15-9-7-14(8-10-15)13-18(23)21-11-12-22-19(24)16-5-3-4-6-17(16)20/h3-10H,2,11-13H2,1H3,(H,21,23)(H,22,24). The van der Waals surface area contributed by atoms with Crippen LogP contribution in [0.15, 0.2) is 48.5 Å². The van der Waals surface area contributed by atoms with E-state index in [-0.39, 0.29) is 18.2 Å². The van der Waals surface area contributed by atoms with Gasteiger partial charge in [-0.1, -0.05) is 35.9 Å². The lowest BCUT2D eigenvalue weighted by molar-refractivity contribution is -0.120. The SMILES string of the molecule is CCOc1ccc(CC(=O)NCCNC(=O)c2ccccc2Cl)cc1. The molecule has 2 amide bonds. The summed E-state index contributed by atoms with van der Waals surface area (Å²) in [7, 11) is 0. The minimum Gasteiger partial charge on any atom is -0.494 e. The lowest BCUT2D eigenvalue weighted by Gasteiger charge is -2.08. The number of rotatable bonds is 8. The molecular formula is C19H21ClN2O3. The predicted molar refractivity (Wildman–Crippen MR) is 98.1 cm³/mol. The molecule has 0 saturated heterocycles. The smallest absolute Gasteiger partial charge is 0.252 e. The first-order chi connectivity index (χ1) is 12.1. The lowest BCUT2D eigenvalue weighted by atomic mass is 10.1. The molecule has 5 nitrogen and oxygen atoms in total. The summed E-state index contributed by atoms with van der Waals surface area (Å²) < 4.78 is 5.36. The van der Waals surface area contributed by atoms with Crippen molar-refractivity contribution in [1.29, 1.82) is 0 Å². The third-order valence-electron chi connectivity index (χ3n) is 3.45. The number of benzene rings is 2. The highest BCUT2D eigenvalue weighted by Crippen LogP contribution is 2.14. The zero-order valence-corrected chi connectivity index (χ0v) is 14.8. The molecule has 2 N–H and O–H groups in total. The summed E-state index contributed by atoms with van der Waals surface area (Å²) in [6.07, 6.45) is 0.283. The topological polar surface area (TPSA) is 67.4 Å². The van der Waals surface area contributed by atoms with Crippen molar-refractivity contribution in [2.24, 2.45) is 0 Å². The van der Waals surface area contributed by atoms with E-state index in [1.165, 1.54) is 0 Å². The highest BCUT2D eigenvalue weighted by atomic mass is 35.5. The van der Waals surface area contributed by atoms with E-state index in [1.807, 2.05) is 31.2 Å². The van der Waals surface area contributed by atoms with E-state index in [9.17, 15) is 9.59 Å². The fourth-order valence-electron chi connectivity index (χ4n) is 2.24. The minimum atomic E-state index is -0.258. The van der Waals surface area contributed by atoms with Crippen LogP contribution in [0.1, 0.15) is 22.8 Å². The molecule has 0 aromatic heterocycles. The van der Waals surface area contributed by atoms with Gasteiger partial charge in [-0.3, -0.25) is 9.59 Å². The van der Waals surface area contributed by atoms with Gasteiger partial charge in [0.1, 0.15) is 5.75 Å². The van der Waals surface area contributed by atoms with Gasteiger partial charge in [0.25, 0.3) is 5.91 Å². The van der Waals surface area contributed by atoms with Crippen LogP contribution in [0, 0.1) is 0 Å². The molecule has 0 unspecified atom stereocenters. The normalized spacial score (nSPS) is 10.2. The fraction of sp³-hybridized carbons (Fsp3) is 0.263. The van der Waals surface area contributed by atoms with E-state index >= 15 is 0 Å². The Labute approximate surface area is 152 Å². The highest BCUT2D eigenvalue weighted by Gasteiger charge is 2.09. The third-order valence-corrected chi connectivity index (χ3v) is 3.78. The van der Waals surface area contributed by atoms with Gasteiger partial charge in [0.15, 0.2) is 0 Å². The molecule has 0 atom stereocenters. The molecule has 0 fully saturated rings. The molecule has 0 saturated carbocycles. The van der Waals surface area contributed by atoms with Crippen LogP contribution in [0.3, 0.4) is 0 Å². The zero-order chi connectivity index (χ0) is 18.1. The number of carbonyl (C=O) groups is 2. The quantitative estimate of drug-likeness (QED) is 0.711. The van der Waals surface area contributed by atoms with Crippen LogP contribution in [0.2, 0.25) is 5.02 Å². The largest absolute Gasteiger partial charge is 0.494 e. The first-order valence-corrected chi connectivity index (χ1v) is 8.49. The van der Waals surface area contributed by atoms with E-state index in [0.717, 1.165) is 11.3 Å². The number of halogens is 1. The second kappa shape index (κ2) is 9.69. The molecule has 132 valence electrons. The summed E-state index contributed by atoms with van der Waals surface area (Å²) in [4.78, 5) is 23.9. The van der Waals surface area contributed by atoms with Gasteiger partial charge in [-0.05, 0) is 36.8 Å². The van der Waals surface area contributed by atoms with E-state index in [1.54, 1.807) is 24.3 Å². The van der Waals surface area contributed by atoms with Crippen LogP contribution in [-0.2, 0) is 11.2 Å². The average Bonchev–Trinajstić information content (AvgIpc) is 2.61. The maximum absolute atomic E-state index is 12.0. The maximum atomic E-state index is 12.0. The van der Waals surface area contributed by atoms with Crippen LogP contribution < -0.4 is 15.4 Å². The maximum Gasteiger partial charge on any atom is 0.252 e. The number of hydrogen-bond donors (Lipinski definition) is 2. The van der Waals surface area contributed by atoms with Gasteiger partial charge >= 0.3 is 0 Å². The summed E-state index contributed by atoms with van der Waals surface area (Å²) in [5.74, 6) is 0.427. The molecule has 0 aliphatic rings. The van der Waals surface area contributed by atoms with E-state index < -0.39 is 0 Å². The van der Waals surface area contributed by atoms with Gasteiger partial charge in [-0.2, -0.15) is 0 Å². The summed E-state index contributed by atoms with van der Waals surface area (Å²) >= 11 is 5.96. The van der Waals surface area contributed by atoms with Crippen LogP contribution >= 0.6 is 11.6 Å². The monoisotopic (exact) mass is 360 g/mol. The molecular weight excluding hydrogens is 340 g/mol. The van der Waals surface area contributed by atoms with E-state index in [2.05, 4.69) is 10.6 Å². The van der Waals surface area contributed by atoms with Crippen molar-refractivity contribution in [1.82, 2.24) is 10.6 Å². The van der Waals surface area contributed by atoms with E-state index in [0.29, 0.717) is 30.3 Å². The van der Waals surface area contributed by atoms with Crippen LogP contribution in [0.5, 0.6) is 5.75 Å². The van der Waals surface area contributed by atoms with Crippen molar-refractivity contribution >= 4 is 23.4 Å². The number of ether oxygens (including phenoxy) is 1. The first-order valence-electron chi connectivity index (χ1n) is 8.11. The minimum absolute atomic E-state index is 0.101. The summed E-state index contributed by atoms with van der Waals surface area (Å²) in [6, 6.07) is 14.2. The van der Waals surface area contributed by atoms with Gasteiger partial charge < -0.3 is 15.4 Å². The van der Waals surface area contributed by atoms with Crippen LogP contribution in [0.25, 0.3) is 0 Å². The highest BCUT2D eigenvalue weighted by molar-refractivity contribution is 6.33. The third kappa shape index (κ3) is 6.12. The van der Waals surface area contributed by atoms with Gasteiger partial charge in [-0.15, -0.1) is 0 Å². The summed E-state index contributed by atoms with van der Waals surface area (Å²) in [5, 5.41) is 5.90. The van der Waals surface area contributed by atoms with Crippen molar-refractivity contribution in [3.05, 3.63) is 64.7 Å². The Balaban J connectivity index is 1.70. The molecule has 0 heterocycles. The Bertz CT molecular complexity index is 717. The molecule has 0 spiro atoms. The number of carbonyl (C=O) groups excluding carboxylic acids is 2. The second-order valence-corrected chi connectivity index (χ2v) is 5.75. The first kappa shape index (κ1) is 18.8. The van der Waals surface area contributed by atoms with Crippen molar-refractivity contribution in [2.45, 2.75) is 13.3 Å². The molecule has 2 aromatic rings. The van der Waals surface area contributed by atoms with Crippen molar-refractivity contribution in [2.75, 3.05) is 19.7 Å². The molecule has 2 aromatic carbocycles. The molecule has 0 aliphatic heterocycles. The van der Waals surface area contributed by atoms with Crippen LogP contribution in [-0.4, -0.2) is 31.5 Å². The fourth-order valence-corrected chi connectivity index (χ4v) is 2.46. The molecule has 0 aliphatic carbocycles. The average molecular weight is 361 g/mol. The molecule has 6 heteroatoms. The molecule has 0 radical (unpaired) electrons. The molecule has 0 bridgehead atoms. The molecule has 2 rings (SSSR count). The Kier molecular flexibility index (Phi) is 7.29. The predicted octanol–water partition coefficient (Wildman–Crippen LogP) is 2.83. The number of amides is 2. The Morgan fingerprint density at radius 3 is 2.36 bits per heavy atom. The summed E-state index contributed by atoms with van der Waals surface area (Å²) in [6.45, 7) is 3.22. The number of nitrogens with one attached hydrogen (secondary N) is 2. The zero-order valence-electron chi connectivity index (χ0n) is 14.0. The van der Waals surface area contributed by atoms with Gasteiger partial charge in [-0.25, -0.2) is 0 Å². The Morgan fingerprint density at radius 2 is 1.68 bits per heavy atom. The van der Waals surface area contributed by atoms with Crippen molar-refractivity contribution < 1.29 is 14.3 Å². The number of hydrogen-bond acceptors (Lipinski definition) is 3. The Morgan fingerprint density at radius 1 is 1.00 bits per heavy atom. The Hall–Kier alpha value is -2.53. The lowest BCUT2D eigenvalue weighted by Crippen LogP contribution is -2.35. The van der Waals surface area contributed by atoms with Gasteiger partial charge in [0.2, 0.25) is 5.91 Å². The van der Waals surface area contributed by atoms with Crippen LogP contribution in [0.4, 0.5) is 0 Å². The van der Waals surface area contributed by atoms with Gasteiger partial charge in [0.05, 0.1) is 23.6 Å². The van der Waals surface area contributed by atoms with E-state index in [4.69, 9.17) is 16.3 Å². The van der Waals surface area contributed by atoms with Gasteiger partial charge in [0, 0.05) is 13.1 Å².